The number of rotatable bonds is 9. The first kappa shape index (κ1) is 55.1. The molecule has 0 aliphatic heterocycles. The maximum absolute atomic E-state index is 10.5. The number of phenolic OH excluding ortho intramolecular Hbond substituents is 4. The first-order valence-corrected chi connectivity index (χ1v) is 25.0. The van der Waals surface area contributed by atoms with E-state index in [0.717, 1.165) is 70.2 Å². The van der Waals surface area contributed by atoms with Crippen LogP contribution in [0.15, 0.2) is 109 Å². The van der Waals surface area contributed by atoms with Gasteiger partial charge in [-0.2, -0.15) is 0 Å². The molecule has 0 spiro atoms. The summed E-state index contributed by atoms with van der Waals surface area (Å²) in [5, 5.41) is 42.2. The van der Waals surface area contributed by atoms with E-state index in [1.807, 2.05) is 36.4 Å². The number of aromatic hydroxyl groups is 4. The number of phenols is 4. The van der Waals surface area contributed by atoms with Crippen LogP contribution in [0.1, 0.15) is 201 Å². The second kappa shape index (κ2) is 22.3. The molecule has 0 saturated heterocycles. The van der Waals surface area contributed by atoms with E-state index in [2.05, 4.69) is 197 Å². The topological polar surface area (TPSA) is 80.9 Å². The van der Waals surface area contributed by atoms with Crippen molar-refractivity contribution in [3.8, 4) is 34.1 Å². The minimum Gasteiger partial charge on any atom is -0.508 e. The summed E-state index contributed by atoms with van der Waals surface area (Å²) in [6.45, 7) is 38.4. The third-order valence-electron chi connectivity index (χ3n) is 13.3. The molecule has 0 atom stereocenters. The summed E-state index contributed by atoms with van der Waals surface area (Å²) < 4.78 is 0. The molecule has 0 heterocycles. The standard InChI is InChI=1S/2C26H38O2.C12H10/c2*1-10-11-18(19-14-21(25(4,5)6)23(27)12-16(19)2)20-15-22(26(7,8)9)24(28)13-17(20)3;1-3-7-11(8-4-1)12-9-5-2-6-10-12/h2*12-15,18,27-28H,10-11H2,1-9H3;1-10H. The maximum Gasteiger partial charge on any atom is 0.119 e. The highest BCUT2D eigenvalue weighted by atomic mass is 16.3. The quantitative estimate of drug-likeness (QED) is 0.116. The van der Waals surface area contributed by atoms with Gasteiger partial charge in [0.1, 0.15) is 23.0 Å². The van der Waals surface area contributed by atoms with Crippen LogP contribution >= 0.6 is 0 Å². The molecule has 0 bridgehead atoms. The number of aryl methyl sites for hydroxylation is 4. The SMILES string of the molecule is CCCC(c1cc(C(C)(C)C)c(O)cc1C)c1cc(C(C)(C)C)c(O)cc1C.CCCC(c1cc(C(C)(C)C)c(O)cc1C)c1cc(C(C)(C)C)c(O)cc1C.c1ccc(-c2ccccc2)cc1. The highest BCUT2D eigenvalue weighted by molar-refractivity contribution is 5.63. The second-order valence-corrected chi connectivity index (χ2v) is 23.3. The van der Waals surface area contributed by atoms with Crippen LogP contribution in [0.4, 0.5) is 0 Å². The van der Waals surface area contributed by atoms with Gasteiger partial charge in [0.25, 0.3) is 0 Å². The lowest BCUT2D eigenvalue weighted by Gasteiger charge is -2.29. The van der Waals surface area contributed by atoms with E-state index in [1.165, 1.54) is 33.4 Å². The van der Waals surface area contributed by atoms with Crippen molar-refractivity contribution in [3.63, 3.8) is 0 Å². The molecule has 0 aromatic heterocycles. The maximum atomic E-state index is 10.5. The van der Waals surface area contributed by atoms with Crippen molar-refractivity contribution in [2.75, 3.05) is 0 Å². The zero-order valence-electron chi connectivity index (χ0n) is 45.2. The third kappa shape index (κ3) is 13.8. The smallest absolute Gasteiger partial charge is 0.119 e. The molecular formula is C64H86O4. The van der Waals surface area contributed by atoms with Gasteiger partial charge in [0.2, 0.25) is 0 Å². The minimum absolute atomic E-state index is 0.121. The van der Waals surface area contributed by atoms with E-state index < -0.39 is 0 Å². The van der Waals surface area contributed by atoms with Crippen LogP contribution in [0.25, 0.3) is 11.1 Å². The van der Waals surface area contributed by atoms with E-state index >= 15 is 0 Å². The van der Waals surface area contributed by atoms with Crippen molar-refractivity contribution in [1.29, 1.82) is 0 Å². The average Bonchev–Trinajstić information content (AvgIpc) is 3.22. The van der Waals surface area contributed by atoms with Crippen molar-refractivity contribution in [2.45, 2.75) is 184 Å². The molecule has 6 rings (SSSR count). The van der Waals surface area contributed by atoms with Crippen molar-refractivity contribution in [1.82, 2.24) is 0 Å². The molecule has 68 heavy (non-hydrogen) atoms. The lowest BCUT2D eigenvalue weighted by molar-refractivity contribution is 0.443. The van der Waals surface area contributed by atoms with Gasteiger partial charge < -0.3 is 20.4 Å². The zero-order chi connectivity index (χ0) is 51.1. The van der Waals surface area contributed by atoms with Crippen LogP contribution in [0.2, 0.25) is 0 Å². The Morgan fingerprint density at radius 3 is 0.721 bits per heavy atom. The molecule has 0 fully saturated rings. The van der Waals surface area contributed by atoms with Crippen LogP contribution < -0.4 is 0 Å². The summed E-state index contributed by atoms with van der Waals surface area (Å²) in [6.07, 6.45) is 4.21. The van der Waals surface area contributed by atoms with Gasteiger partial charge in [-0.15, -0.1) is 0 Å². The number of hydrogen-bond acceptors (Lipinski definition) is 4. The molecule has 0 radical (unpaired) electrons. The Bertz CT molecular complexity index is 2270. The Morgan fingerprint density at radius 1 is 0.338 bits per heavy atom. The predicted molar refractivity (Wildman–Crippen MR) is 292 cm³/mol. The van der Waals surface area contributed by atoms with Crippen LogP contribution in [0.3, 0.4) is 0 Å². The molecule has 4 heteroatoms. The monoisotopic (exact) mass is 919 g/mol. The van der Waals surface area contributed by atoms with Gasteiger partial charge in [-0.3, -0.25) is 0 Å². The lowest BCUT2D eigenvalue weighted by atomic mass is 9.76. The molecule has 6 aromatic carbocycles. The molecule has 4 nitrogen and oxygen atoms in total. The first-order valence-electron chi connectivity index (χ1n) is 25.0. The van der Waals surface area contributed by atoms with Crippen molar-refractivity contribution >= 4 is 0 Å². The Labute approximate surface area is 412 Å². The molecule has 4 N–H and O–H groups in total. The molecule has 0 aliphatic rings. The third-order valence-corrected chi connectivity index (χ3v) is 13.3. The second-order valence-electron chi connectivity index (χ2n) is 23.3. The molecule has 366 valence electrons. The Kier molecular flexibility index (Phi) is 18.1. The summed E-state index contributed by atoms with van der Waals surface area (Å²) >= 11 is 0. The van der Waals surface area contributed by atoms with Crippen molar-refractivity contribution in [2.24, 2.45) is 0 Å². The van der Waals surface area contributed by atoms with Crippen LogP contribution in [-0.4, -0.2) is 20.4 Å². The highest BCUT2D eigenvalue weighted by Crippen LogP contribution is 2.44. The largest absolute Gasteiger partial charge is 0.508 e. The van der Waals surface area contributed by atoms with Crippen LogP contribution in [-0.2, 0) is 21.7 Å². The molecule has 6 aromatic rings. The fourth-order valence-corrected chi connectivity index (χ4v) is 9.54. The van der Waals surface area contributed by atoms with E-state index in [1.54, 1.807) is 0 Å². The number of benzene rings is 6. The first-order chi connectivity index (χ1) is 31.5. The summed E-state index contributed by atoms with van der Waals surface area (Å²) in [5.41, 5.74) is 15.6. The molecule has 0 saturated carbocycles. The van der Waals surface area contributed by atoms with Crippen LogP contribution in [0, 0.1) is 27.7 Å². The van der Waals surface area contributed by atoms with Gasteiger partial charge in [-0.1, -0.05) is 195 Å². The van der Waals surface area contributed by atoms with E-state index in [9.17, 15) is 20.4 Å². The van der Waals surface area contributed by atoms with Crippen molar-refractivity contribution in [3.05, 3.63) is 176 Å². The number of hydrogen-bond donors (Lipinski definition) is 4. The fraction of sp³-hybridized carbons (Fsp3) is 0.438. The summed E-state index contributed by atoms with van der Waals surface area (Å²) in [5.74, 6) is 1.99. The van der Waals surface area contributed by atoms with E-state index in [-0.39, 0.29) is 33.5 Å². The zero-order valence-corrected chi connectivity index (χ0v) is 45.2. The van der Waals surface area contributed by atoms with Crippen LogP contribution in [0.5, 0.6) is 23.0 Å². The van der Waals surface area contributed by atoms with Gasteiger partial charge in [0.15, 0.2) is 0 Å². The molecule has 0 amide bonds. The highest BCUT2D eigenvalue weighted by Gasteiger charge is 2.29. The normalized spacial score (nSPS) is 12.1. The average molecular weight is 919 g/mol. The fourth-order valence-electron chi connectivity index (χ4n) is 9.54. The molecule has 0 aliphatic carbocycles. The van der Waals surface area contributed by atoms with Gasteiger partial charge in [0.05, 0.1) is 0 Å². The summed E-state index contributed by atoms with van der Waals surface area (Å²) in [7, 11) is 0. The van der Waals surface area contributed by atoms with Gasteiger partial charge in [0, 0.05) is 11.8 Å². The Morgan fingerprint density at radius 2 is 0.544 bits per heavy atom. The molecule has 0 unspecified atom stereocenters. The summed E-state index contributed by atoms with van der Waals surface area (Å²) in [6, 6.07) is 37.3. The van der Waals surface area contributed by atoms with Crippen molar-refractivity contribution < 1.29 is 20.4 Å². The van der Waals surface area contributed by atoms with E-state index in [0.29, 0.717) is 23.0 Å². The molecular weight excluding hydrogens is 833 g/mol. The lowest BCUT2D eigenvalue weighted by Crippen LogP contribution is -2.16. The predicted octanol–water partition coefficient (Wildman–Crippen LogP) is 17.8. The van der Waals surface area contributed by atoms with Gasteiger partial charge >= 0.3 is 0 Å². The minimum atomic E-state index is -0.121. The Hall–Kier alpha value is -5.48. The summed E-state index contributed by atoms with van der Waals surface area (Å²) in [4.78, 5) is 0. The van der Waals surface area contributed by atoms with Gasteiger partial charge in [-0.05, 0) is 164 Å². The van der Waals surface area contributed by atoms with E-state index in [4.69, 9.17) is 0 Å². The van der Waals surface area contributed by atoms with Gasteiger partial charge in [-0.25, -0.2) is 0 Å². The Balaban J connectivity index is 0.000000239.